The van der Waals surface area contributed by atoms with E-state index in [1.54, 1.807) is 0 Å². The van der Waals surface area contributed by atoms with Crippen LogP contribution in [-0.4, -0.2) is 12.3 Å². The van der Waals surface area contributed by atoms with Gasteiger partial charge in [-0.25, -0.2) is 0 Å². The molecule has 1 aliphatic heterocycles. The summed E-state index contributed by atoms with van der Waals surface area (Å²) < 4.78 is 5.97. The Bertz CT molecular complexity index is 883. The van der Waals surface area contributed by atoms with Gasteiger partial charge in [0.1, 0.15) is 11.5 Å². The predicted molar refractivity (Wildman–Crippen MR) is 98.0 cm³/mol. The zero-order chi connectivity index (χ0) is 16.4. The van der Waals surface area contributed by atoms with E-state index >= 15 is 0 Å². The second kappa shape index (κ2) is 6.20. The Hall–Kier alpha value is -3.07. The molecule has 0 saturated carbocycles. The number of nitrogens with two attached hydrogens (primary N) is 1. The lowest BCUT2D eigenvalue weighted by atomic mass is 9.93. The van der Waals surface area contributed by atoms with Gasteiger partial charge in [0.15, 0.2) is 0 Å². The van der Waals surface area contributed by atoms with Crippen LogP contribution in [0.1, 0.15) is 16.7 Å². The van der Waals surface area contributed by atoms with Gasteiger partial charge in [-0.1, -0.05) is 36.4 Å². The monoisotopic (exact) mass is 314 g/mol. The number of hydrogen-bond donors (Lipinski definition) is 1. The molecule has 1 aliphatic rings. The first-order valence-corrected chi connectivity index (χ1v) is 8.06. The number of para-hydroxylation sites is 1. The number of benzene rings is 3. The average Bonchev–Trinajstić information content (AvgIpc) is 2.63. The molecule has 24 heavy (non-hydrogen) atoms. The van der Waals surface area contributed by atoms with E-state index in [2.05, 4.69) is 12.1 Å². The molecule has 0 fully saturated rings. The van der Waals surface area contributed by atoms with Crippen LogP contribution >= 0.6 is 0 Å². The van der Waals surface area contributed by atoms with E-state index in [9.17, 15) is 0 Å². The fourth-order valence-corrected chi connectivity index (χ4v) is 2.94. The average molecular weight is 314 g/mol. The van der Waals surface area contributed by atoms with E-state index in [4.69, 9.17) is 15.5 Å². The molecule has 118 valence electrons. The van der Waals surface area contributed by atoms with E-state index in [1.165, 1.54) is 5.56 Å². The Morgan fingerprint density at radius 2 is 1.62 bits per heavy atom. The number of fused-ring (bicyclic) bond motifs is 1. The minimum absolute atomic E-state index is 0.761. The van der Waals surface area contributed by atoms with E-state index in [-0.39, 0.29) is 0 Å². The summed E-state index contributed by atoms with van der Waals surface area (Å²) in [5.74, 6) is 1.66. The highest BCUT2D eigenvalue weighted by molar-refractivity contribution is 6.14. The zero-order valence-electron chi connectivity index (χ0n) is 13.3. The number of nitrogen functional groups attached to an aromatic ring is 1. The number of ether oxygens (including phenoxy) is 1. The summed E-state index contributed by atoms with van der Waals surface area (Å²) in [6.45, 7) is 0.811. The Morgan fingerprint density at radius 3 is 2.42 bits per heavy atom. The van der Waals surface area contributed by atoms with Gasteiger partial charge in [-0.15, -0.1) is 0 Å². The normalized spacial score (nSPS) is 13.1. The summed E-state index contributed by atoms with van der Waals surface area (Å²) in [7, 11) is 0. The Kier molecular flexibility index (Phi) is 3.75. The molecule has 0 spiro atoms. The lowest BCUT2D eigenvalue weighted by molar-refractivity contribution is 0.482. The van der Waals surface area contributed by atoms with Crippen molar-refractivity contribution in [1.29, 1.82) is 0 Å². The van der Waals surface area contributed by atoms with Crippen molar-refractivity contribution in [2.24, 2.45) is 4.99 Å². The van der Waals surface area contributed by atoms with Crippen molar-refractivity contribution in [2.45, 2.75) is 6.42 Å². The number of aliphatic imine (C=N–C) groups is 1. The number of hydrogen-bond acceptors (Lipinski definition) is 3. The van der Waals surface area contributed by atoms with Crippen LogP contribution < -0.4 is 10.5 Å². The summed E-state index contributed by atoms with van der Waals surface area (Å²) in [5.41, 5.74) is 11.1. The van der Waals surface area contributed by atoms with Crippen LogP contribution in [0.5, 0.6) is 11.5 Å². The van der Waals surface area contributed by atoms with Crippen molar-refractivity contribution < 1.29 is 4.74 Å². The third-order valence-electron chi connectivity index (χ3n) is 4.15. The number of nitrogens with zero attached hydrogens (tertiary/aromatic N) is 1. The highest BCUT2D eigenvalue weighted by Gasteiger charge is 2.17. The first-order valence-electron chi connectivity index (χ1n) is 8.06. The van der Waals surface area contributed by atoms with Gasteiger partial charge in [-0.05, 0) is 48.4 Å². The molecule has 3 aromatic carbocycles. The molecule has 3 nitrogen and oxygen atoms in total. The Balaban J connectivity index is 1.70. The molecule has 0 atom stereocenters. The largest absolute Gasteiger partial charge is 0.457 e. The quantitative estimate of drug-likeness (QED) is 0.726. The highest BCUT2D eigenvalue weighted by atomic mass is 16.5. The minimum Gasteiger partial charge on any atom is -0.457 e. The van der Waals surface area contributed by atoms with Crippen molar-refractivity contribution in [2.75, 3.05) is 12.3 Å². The second-order valence-electron chi connectivity index (χ2n) is 5.84. The van der Waals surface area contributed by atoms with Crippen molar-refractivity contribution in [3.05, 3.63) is 89.5 Å². The molecule has 0 saturated heterocycles. The summed E-state index contributed by atoms with van der Waals surface area (Å²) >= 11 is 0. The molecular weight excluding hydrogens is 296 g/mol. The summed E-state index contributed by atoms with van der Waals surface area (Å²) in [6, 6.07) is 23.9. The molecule has 0 amide bonds. The smallest absolute Gasteiger partial charge is 0.128 e. The molecule has 0 aromatic heterocycles. The van der Waals surface area contributed by atoms with Crippen LogP contribution in [0.4, 0.5) is 5.69 Å². The fourth-order valence-electron chi connectivity index (χ4n) is 2.94. The molecule has 4 rings (SSSR count). The first-order chi connectivity index (χ1) is 11.8. The molecule has 0 radical (unpaired) electrons. The third kappa shape index (κ3) is 2.88. The number of anilines is 1. The summed E-state index contributed by atoms with van der Waals surface area (Å²) in [4.78, 5) is 4.74. The van der Waals surface area contributed by atoms with E-state index in [0.29, 0.717) is 0 Å². The maximum absolute atomic E-state index is 5.97. The van der Waals surface area contributed by atoms with Crippen LogP contribution in [0.15, 0.2) is 77.8 Å². The third-order valence-corrected chi connectivity index (χ3v) is 4.15. The first kappa shape index (κ1) is 14.5. The molecule has 0 aliphatic carbocycles. The molecule has 1 heterocycles. The van der Waals surface area contributed by atoms with Crippen LogP contribution in [0.25, 0.3) is 0 Å². The zero-order valence-corrected chi connectivity index (χ0v) is 13.3. The van der Waals surface area contributed by atoms with Gasteiger partial charge in [0, 0.05) is 23.4 Å². The fraction of sp³-hybridized carbons (Fsp3) is 0.0952. The maximum atomic E-state index is 5.97. The topological polar surface area (TPSA) is 47.6 Å². The molecule has 2 N–H and O–H groups in total. The molecular formula is C21H18N2O. The van der Waals surface area contributed by atoms with Gasteiger partial charge in [0.2, 0.25) is 0 Å². The van der Waals surface area contributed by atoms with Gasteiger partial charge in [0.25, 0.3) is 0 Å². The van der Waals surface area contributed by atoms with Crippen LogP contribution in [-0.2, 0) is 6.42 Å². The molecule has 3 heteroatoms. The van der Waals surface area contributed by atoms with E-state index in [1.807, 2.05) is 60.7 Å². The van der Waals surface area contributed by atoms with Crippen molar-refractivity contribution in [3.8, 4) is 11.5 Å². The van der Waals surface area contributed by atoms with Crippen LogP contribution in [0.2, 0.25) is 0 Å². The van der Waals surface area contributed by atoms with Crippen molar-refractivity contribution in [3.63, 3.8) is 0 Å². The van der Waals surface area contributed by atoms with Crippen molar-refractivity contribution in [1.82, 2.24) is 0 Å². The summed E-state index contributed by atoms with van der Waals surface area (Å²) in [6.07, 6.45) is 0.958. The Labute approximate surface area is 141 Å². The van der Waals surface area contributed by atoms with Gasteiger partial charge in [0.05, 0.1) is 5.71 Å². The molecule has 0 unspecified atom stereocenters. The highest BCUT2D eigenvalue weighted by Crippen LogP contribution is 2.28. The van der Waals surface area contributed by atoms with Crippen LogP contribution in [0.3, 0.4) is 0 Å². The second-order valence-corrected chi connectivity index (χ2v) is 5.84. The predicted octanol–water partition coefficient (Wildman–Crippen LogP) is 4.45. The standard InChI is InChI=1S/C21H18N2O/c22-17-9-6-16(7-10-17)21-20-14-19(11-8-15(20)12-13-23-21)24-18-4-2-1-3-5-18/h1-11,14H,12-13,22H2. The van der Waals surface area contributed by atoms with E-state index < -0.39 is 0 Å². The van der Waals surface area contributed by atoms with Gasteiger partial charge < -0.3 is 10.5 Å². The lowest BCUT2D eigenvalue weighted by Gasteiger charge is -2.18. The SMILES string of the molecule is Nc1ccc(C2=NCCc3ccc(Oc4ccccc4)cc32)cc1. The Morgan fingerprint density at radius 1 is 0.833 bits per heavy atom. The van der Waals surface area contributed by atoms with Gasteiger partial charge >= 0.3 is 0 Å². The van der Waals surface area contributed by atoms with Gasteiger partial charge in [-0.3, -0.25) is 4.99 Å². The minimum atomic E-state index is 0.761. The van der Waals surface area contributed by atoms with Crippen LogP contribution in [0, 0.1) is 0 Å². The number of rotatable bonds is 3. The van der Waals surface area contributed by atoms with Gasteiger partial charge in [-0.2, -0.15) is 0 Å². The molecule has 3 aromatic rings. The maximum Gasteiger partial charge on any atom is 0.128 e. The molecule has 0 bridgehead atoms. The van der Waals surface area contributed by atoms with E-state index in [0.717, 1.165) is 47.0 Å². The van der Waals surface area contributed by atoms with Crippen molar-refractivity contribution >= 4 is 11.4 Å². The summed E-state index contributed by atoms with van der Waals surface area (Å²) in [5, 5.41) is 0. The lowest BCUT2D eigenvalue weighted by Crippen LogP contribution is -2.14.